The third-order valence-electron chi connectivity index (χ3n) is 3.19. The molecule has 1 unspecified atom stereocenters. The lowest BCUT2D eigenvalue weighted by Gasteiger charge is -2.02. The average molecular weight is 286 g/mol. The van der Waals surface area contributed by atoms with E-state index in [0.717, 1.165) is 23.3 Å². The van der Waals surface area contributed by atoms with Gasteiger partial charge >= 0.3 is 0 Å². The van der Waals surface area contributed by atoms with Crippen LogP contribution in [0.4, 0.5) is 0 Å². The van der Waals surface area contributed by atoms with E-state index in [0.29, 0.717) is 11.1 Å². The summed E-state index contributed by atoms with van der Waals surface area (Å²) < 4.78 is 28.8. The Labute approximate surface area is 109 Å². The maximum atomic E-state index is 11.6. The minimum atomic E-state index is -3.76. The summed E-state index contributed by atoms with van der Waals surface area (Å²) in [6.45, 7) is 3.68. The molecule has 1 aromatic heterocycles. The third kappa shape index (κ3) is 1.69. The molecule has 96 valence electrons. The maximum absolute atomic E-state index is 11.6. The molecule has 1 aromatic carbocycles. The first-order valence-electron chi connectivity index (χ1n) is 5.63. The van der Waals surface area contributed by atoms with Crippen LogP contribution in [-0.4, -0.2) is 19.5 Å². The number of nitrogens with one attached hydrogen (secondary N) is 1. The average Bonchev–Trinajstić information content (AvgIpc) is 2.69. The highest BCUT2D eigenvalue weighted by Gasteiger charge is 2.25. The normalized spacial score (nSPS) is 18.9. The Hall–Kier alpha value is -1.20. The highest BCUT2D eigenvalue weighted by atomic mass is 35.7. The zero-order valence-electron chi connectivity index (χ0n) is 9.95. The van der Waals surface area contributed by atoms with Crippen molar-refractivity contribution < 1.29 is 13.2 Å². The van der Waals surface area contributed by atoms with Crippen molar-refractivity contribution in [1.29, 1.82) is 0 Å². The SMILES string of the molecule is Cc1[nH]c2cc3c(cc2c1S(=O)(=O)Cl)OC(C)C3. The topological polar surface area (TPSA) is 59.2 Å². The number of aromatic nitrogens is 1. The Morgan fingerprint density at radius 1 is 1.44 bits per heavy atom. The van der Waals surface area contributed by atoms with E-state index in [4.69, 9.17) is 15.4 Å². The molecule has 1 atom stereocenters. The first-order chi connectivity index (χ1) is 8.36. The van der Waals surface area contributed by atoms with Gasteiger partial charge in [-0.05, 0) is 31.5 Å². The number of hydrogen-bond donors (Lipinski definition) is 1. The number of rotatable bonds is 1. The van der Waals surface area contributed by atoms with Gasteiger partial charge in [-0.3, -0.25) is 0 Å². The number of H-pyrrole nitrogens is 1. The molecule has 1 aliphatic heterocycles. The molecular formula is C12H12ClNO3S. The molecular weight excluding hydrogens is 274 g/mol. The Bertz CT molecular complexity index is 748. The lowest BCUT2D eigenvalue weighted by molar-refractivity contribution is 0.255. The zero-order chi connectivity index (χ0) is 13.1. The van der Waals surface area contributed by atoms with Crippen molar-refractivity contribution in [2.24, 2.45) is 0 Å². The second kappa shape index (κ2) is 3.65. The first kappa shape index (κ1) is 11.9. The number of halogens is 1. The fourth-order valence-electron chi connectivity index (χ4n) is 2.53. The summed E-state index contributed by atoms with van der Waals surface area (Å²) in [5.41, 5.74) is 2.43. The monoisotopic (exact) mass is 285 g/mol. The van der Waals surface area contributed by atoms with Gasteiger partial charge in [-0.2, -0.15) is 0 Å². The van der Waals surface area contributed by atoms with Gasteiger partial charge in [0.2, 0.25) is 0 Å². The van der Waals surface area contributed by atoms with Crippen LogP contribution in [0.2, 0.25) is 0 Å². The molecule has 4 nitrogen and oxygen atoms in total. The summed E-state index contributed by atoms with van der Waals surface area (Å²) in [4.78, 5) is 3.20. The second-order valence-corrected chi connectivity index (χ2v) is 7.16. The fourth-order valence-corrected chi connectivity index (χ4v) is 3.97. The van der Waals surface area contributed by atoms with Gasteiger partial charge < -0.3 is 9.72 Å². The quantitative estimate of drug-likeness (QED) is 0.820. The van der Waals surface area contributed by atoms with Crippen LogP contribution in [0.1, 0.15) is 18.2 Å². The number of benzene rings is 1. The van der Waals surface area contributed by atoms with Gasteiger partial charge in [0.25, 0.3) is 9.05 Å². The predicted molar refractivity (Wildman–Crippen MR) is 69.9 cm³/mol. The van der Waals surface area contributed by atoms with E-state index in [1.54, 1.807) is 13.0 Å². The van der Waals surface area contributed by atoms with Crippen molar-refractivity contribution in [2.75, 3.05) is 0 Å². The molecule has 0 saturated heterocycles. The minimum absolute atomic E-state index is 0.128. The van der Waals surface area contributed by atoms with Crippen LogP contribution in [-0.2, 0) is 15.5 Å². The third-order valence-corrected chi connectivity index (χ3v) is 4.66. The largest absolute Gasteiger partial charge is 0.490 e. The highest BCUT2D eigenvalue weighted by molar-refractivity contribution is 8.14. The van der Waals surface area contributed by atoms with Gasteiger partial charge in [0.1, 0.15) is 16.7 Å². The number of hydrogen-bond acceptors (Lipinski definition) is 3. The van der Waals surface area contributed by atoms with Gasteiger partial charge in [-0.1, -0.05) is 0 Å². The molecule has 1 aliphatic rings. The number of fused-ring (bicyclic) bond motifs is 2. The van der Waals surface area contributed by atoms with Gasteiger partial charge in [0, 0.05) is 33.7 Å². The molecule has 0 saturated carbocycles. The minimum Gasteiger partial charge on any atom is -0.490 e. The second-order valence-electron chi connectivity index (χ2n) is 4.66. The Balaban J connectivity index is 2.34. The van der Waals surface area contributed by atoms with E-state index >= 15 is 0 Å². The predicted octanol–water partition coefficient (Wildman–Crippen LogP) is 2.73. The zero-order valence-corrected chi connectivity index (χ0v) is 11.5. The molecule has 0 amide bonds. The molecule has 2 heterocycles. The Morgan fingerprint density at radius 3 is 2.83 bits per heavy atom. The smallest absolute Gasteiger partial charge is 0.263 e. The molecule has 0 spiro atoms. The molecule has 6 heteroatoms. The molecule has 0 aliphatic carbocycles. The summed E-state index contributed by atoms with van der Waals surface area (Å²) in [5.74, 6) is 0.746. The summed E-state index contributed by atoms with van der Waals surface area (Å²) in [5, 5.41) is 0.593. The lowest BCUT2D eigenvalue weighted by atomic mass is 10.1. The van der Waals surface area contributed by atoms with Crippen LogP contribution in [0.15, 0.2) is 17.0 Å². The van der Waals surface area contributed by atoms with Gasteiger partial charge in [0.05, 0.1) is 0 Å². The van der Waals surface area contributed by atoms with Crippen molar-refractivity contribution in [3.63, 3.8) is 0 Å². The molecule has 0 radical (unpaired) electrons. The van der Waals surface area contributed by atoms with E-state index in [-0.39, 0.29) is 11.0 Å². The van der Waals surface area contributed by atoms with Crippen LogP contribution in [0.3, 0.4) is 0 Å². The van der Waals surface area contributed by atoms with E-state index in [2.05, 4.69) is 4.98 Å². The van der Waals surface area contributed by atoms with E-state index in [9.17, 15) is 8.42 Å². The van der Waals surface area contributed by atoms with Crippen LogP contribution in [0.25, 0.3) is 10.9 Å². The molecule has 3 rings (SSSR count). The Kier molecular flexibility index (Phi) is 2.40. The molecule has 0 bridgehead atoms. The number of ether oxygens (including phenoxy) is 1. The van der Waals surface area contributed by atoms with Crippen LogP contribution < -0.4 is 4.74 Å². The van der Waals surface area contributed by atoms with Gasteiger partial charge in [0.15, 0.2) is 0 Å². The van der Waals surface area contributed by atoms with Gasteiger partial charge in [-0.15, -0.1) is 0 Å². The van der Waals surface area contributed by atoms with Crippen molar-refractivity contribution in [3.8, 4) is 5.75 Å². The molecule has 0 fully saturated rings. The molecule has 18 heavy (non-hydrogen) atoms. The van der Waals surface area contributed by atoms with Crippen molar-refractivity contribution >= 4 is 30.6 Å². The van der Waals surface area contributed by atoms with Crippen molar-refractivity contribution in [1.82, 2.24) is 4.98 Å². The van der Waals surface area contributed by atoms with Crippen LogP contribution in [0, 0.1) is 6.92 Å². The Morgan fingerprint density at radius 2 is 2.17 bits per heavy atom. The number of aromatic amines is 1. The van der Waals surface area contributed by atoms with E-state index in [1.807, 2.05) is 13.0 Å². The summed E-state index contributed by atoms with van der Waals surface area (Å²) in [6.07, 6.45) is 0.968. The van der Waals surface area contributed by atoms with Crippen molar-refractivity contribution in [2.45, 2.75) is 31.3 Å². The summed E-state index contributed by atoms with van der Waals surface area (Å²) in [6, 6.07) is 3.69. The highest BCUT2D eigenvalue weighted by Crippen LogP contribution is 2.37. The fraction of sp³-hybridized carbons (Fsp3) is 0.333. The van der Waals surface area contributed by atoms with Gasteiger partial charge in [-0.25, -0.2) is 8.42 Å². The van der Waals surface area contributed by atoms with E-state index in [1.165, 1.54) is 0 Å². The number of aryl methyl sites for hydroxylation is 1. The van der Waals surface area contributed by atoms with Crippen LogP contribution >= 0.6 is 10.7 Å². The summed E-state index contributed by atoms with van der Waals surface area (Å²) >= 11 is 0. The molecule has 1 N–H and O–H groups in total. The van der Waals surface area contributed by atoms with Crippen LogP contribution in [0.5, 0.6) is 5.75 Å². The standard InChI is InChI=1S/C12H12ClNO3S/c1-6-3-8-4-10-9(5-11(8)17-6)12(7(2)14-10)18(13,15)16/h4-6,14H,3H2,1-2H3. The maximum Gasteiger partial charge on any atom is 0.263 e. The molecule has 2 aromatic rings. The first-order valence-corrected chi connectivity index (χ1v) is 7.93. The van der Waals surface area contributed by atoms with E-state index < -0.39 is 9.05 Å². The van der Waals surface area contributed by atoms with Crippen molar-refractivity contribution in [3.05, 3.63) is 23.4 Å². The summed E-state index contributed by atoms with van der Waals surface area (Å²) in [7, 11) is 1.71. The lowest BCUT2D eigenvalue weighted by Crippen LogP contribution is -2.05.